The summed E-state index contributed by atoms with van der Waals surface area (Å²) in [5.74, 6) is -0.968. The average molecular weight is 261 g/mol. The quantitative estimate of drug-likeness (QED) is 0.562. The van der Waals surface area contributed by atoms with Crippen LogP contribution in [0.15, 0.2) is 30.5 Å². The number of carboxylic acids is 1. The highest BCUT2D eigenvalue weighted by Gasteiger charge is 2.09. The van der Waals surface area contributed by atoms with Gasteiger partial charge in [0.2, 0.25) is 0 Å². The van der Waals surface area contributed by atoms with Crippen molar-refractivity contribution in [2.24, 2.45) is 5.73 Å². The second-order valence-electron chi connectivity index (χ2n) is 4.61. The number of hydrogen-bond acceptors (Lipinski definition) is 3. The smallest absolute Gasteiger partial charge is 0.321 e. The summed E-state index contributed by atoms with van der Waals surface area (Å²) >= 11 is 0. The summed E-state index contributed by atoms with van der Waals surface area (Å²) in [6.45, 7) is 1.07. The zero-order valence-corrected chi connectivity index (χ0v) is 10.7. The van der Waals surface area contributed by atoms with Crippen molar-refractivity contribution in [3.63, 3.8) is 0 Å². The summed E-state index contributed by atoms with van der Waals surface area (Å²) in [6, 6.07) is 7.38. The highest BCUT2D eigenvalue weighted by molar-refractivity contribution is 5.83. The van der Waals surface area contributed by atoms with Crippen molar-refractivity contribution in [2.75, 3.05) is 13.1 Å². The second kappa shape index (κ2) is 6.36. The predicted molar refractivity (Wildman–Crippen MR) is 75.1 cm³/mol. The molecule has 0 aliphatic carbocycles. The number of para-hydroxylation sites is 1. The molecule has 0 aliphatic heterocycles. The van der Waals surface area contributed by atoms with E-state index in [9.17, 15) is 4.79 Å². The normalized spacial score (nSPS) is 12.7. The molecule has 1 atom stereocenters. The number of carbonyl (C=O) groups is 1. The van der Waals surface area contributed by atoms with Gasteiger partial charge in [0, 0.05) is 23.6 Å². The van der Waals surface area contributed by atoms with Crippen molar-refractivity contribution in [3.8, 4) is 0 Å². The lowest BCUT2D eigenvalue weighted by atomic mass is 10.1. The van der Waals surface area contributed by atoms with Crippen LogP contribution in [0.25, 0.3) is 10.9 Å². The Kier molecular flexibility index (Phi) is 4.54. The third-order valence-corrected chi connectivity index (χ3v) is 3.16. The van der Waals surface area contributed by atoms with Gasteiger partial charge in [-0.15, -0.1) is 0 Å². The van der Waals surface area contributed by atoms with Gasteiger partial charge in [-0.25, -0.2) is 0 Å². The van der Waals surface area contributed by atoms with E-state index in [1.807, 2.05) is 18.3 Å². The van der Waals surface area contributed by atoms with Crippen LogP contribution >= 0.6 is 0 Å². The van der Waals surface area contributed by atoms with Gasteiger partial charge in [-0.2, -0.15) is 0 Å². The number of carboxylic acid groups (broad SMARTS) is 1. The van der Waals surface area contributed by atoms with E-state index < -0.39 is 12.0 Å². The van der Waals surface area contributed by atoms with Crippen molar-refractivity contribution >= 4 is 16.9 Å². The van der Waals surface area contributed by atoms with Gasteiger partial charge < -0.3 is 21.1 Å². The molecule has 1 heterocycles. The zero-order valence-electron chi connectivity index (χ0n) is 10.7. The topological polar surface area (TPSA) is 91.1 Å². The summed E-state index contributed by atoms with van der Waals surface area (Å²) in [5, 5.41) is 13.0. The molecule has 0 radical (unpaired) electrons. The summed E-state index contributed by atoms with van der Waals surface area (Å²) in [6.07, 6.45) is 3.95. The van der Waals surface area contributed by atoms with Gasteiger partial charge in [-0.1, -0.05) is 18.2 Å². The van der Waals surface area contributed by atoms with E-state index >= 15 is 0 Å². The maximum absolute atomic E-state index is 10.5. The Morgan fingerprint density at radius 2 is 2.21 bits per heavy atom. The number of hydrogen-bond donors (Lipinski definition) is 4. The first-order chi connectivity index (χ1) is 9.18. The van der Waals surface area contributed by atoms with Crippen LogP contribution in [0.2, 0.25) is 0 Å². The van der Waals surface area contributed by atoms with E-state index in [0.29, 0.717) is 6.54 Å². The minimum absolute atomic E-state index is 0.309. The molecule has 1 aromatic carbocycles. The fourth-order valence-electron chi connectivity index (χ4n) is 2.09. The number of aromatic nitrogens is 1. The Balaban J connectivity index is 1.76. The summed E-state index contributed by atoms with van der Waals surface area (Å²) in [7, 11) is 0. The van der Waals surface area contributed by atoms with Gasteiger partial charge in [-0.05, 0) is 31.0 Å². The van der Waals surface area contributed by atoms with Crippen LogP contribution in [-0.2, 0) is 11.2 Å². The van der Waals surface area contributed by atoms with E-state index in [1.54, 1.807) is 0 Å². The highest BCUT2D eigenvalue weighted by atomic mass is 16.4. The number of aromatic amines is 1. The van der Waals surface area contributed by atoms with Crippen LogP contribution in [0.5, 0.6) is 0 Å². The lowest BCUT2D eigenvalue weighted by Crippen LogP contribution is -2.40. The van der Waals surface area contributed by atoms with Crippen LogP contribution in [-0.4, -0.2) is 35.2 Å². The molecule has 2 rings (SSSR count). The van der Waals surface area contributed by atoms with E-state index in [4.69, 9.17) is 10.8 Å². The van der Waals surface area contributed by atoms with Crippen LogP contribution in [0.3, 0.4) is 0 Å². The first-order valence-electron chi connectivity index (χ1n) is 6.42. The first kappa shape index (κ1) is 13.6. The predicted octanol–water partition coefficient (Wildman–Crippen LogP) is 1.10. The molecule has 0 unspecified atom stereocenters. The maximum Gasteiger partial charge on any atom is 0.321 e. The van der Waals surface area contributed by atoms with Gasteiger partial charge >= 0.3 is 5.97 Å². The number of nitrogens with one attached hydrogen (secondary N) is 2. The average Bonchev–Trinajstić information content (AvgIpc) is 2.81. The molecule has 0 amide bonds. The minimum Gasteiger partial charge on any atom is -0.480 e. The molecule has 5 heteroatoms. The lowest BCUT2D eigenvalue weighted by molar-refractivity contribution is -0.138. The molecular formula is C14H19N3O2. The van der Waals surface area contributed by atoms with Gasteiger partial charge in [0.15, 0.2) is 0 Å². The fraction of sp³-hybridized carbons (Fsp3) is 0.357. The molecule has 0 bridgehead atoms. The SMILES string of the molecule is N[C@@H](CNCCCc1c[nH]c2ccccc12)C(=O)O. The van der Waals surface area contributed by atoms with Gasteiger partial charge in [0.05, 0.1) is 0 Å². The van der Waals surface area contributed by atoms with Crippen molar-refractivity contribution < 1.29 is 9.90 Å². The van der Waals surface area contributed by atoms with Crippen molar-refractivity contribution in [3.05, 3.63) is 36.0 Å². The van der Waals surface area contributed by atoms with E-state index in [-0.39, 0.29) is 0 Å². The van der Waals surface area contributed by atoms with Crippen molar-refractivity contribution in [2.45, 2.75) is 18.9 Å². The number of nitrogens with two attached hydrogens (primary N) is 1. The van der Waals surface area contributed by atoms with Crippen molar-refractivity contribution in [1.82, 2.24) is 10.3 Å². The number of aryl methyl sites for hydroxylation is 1. The minimum atomic E-state index is -0.968. The Bertz CT molecular complexity index is 550. The molecule has 0 saturated carbocycles. The van der Waals surface area contributed by atoms with E-state index in [1.165, 1.54) is 10.9 Å². The molecule has 0 spiro atoms. The molecule has 5 nitrogen and oxygen atoms in total. The Morgan fingerprint density at radius 3 is 3.00 bits per heavy atom. The number of H-pyrrole nitrogens is 1. The molecule has 0 aliphatic rings. The summed E-state index contributed by atoms with van der Waals surface area (Å²) < 4.78 is 0. The molecule has 5 N–H and O–H groups in total. The monoisotopic (exact) mass is 261 g/mol. The molecule has 1 aromatic heterocycles. The fourth-order valence-corrected chi connectivity index (χ4v) is 2.09. The third-order valence-electron chi connectivity index (χ3n) is 3.16. The number of aliphatic carboxylic acids is 1. The molecule has 0 saturated heterocycles. The van der Waals surface area contributed by atoms with Crippen molar-refractivity contribution in [1.29, 1.82) is 0 Å². The molecule has 19 heavy (non-hydrogen) atoms. The summed E-state index contributed by atoms with van der Waals surface area (Å²) in [5.41, 5.74) is 7.84. The number of fused-ring (bicyclic) bond motifs is 1. The zero-order chi connectivity index (χ0) is 13.7. The number of rotatable bonds is 7. The van der Waals surface area contributed by atoms with E-state index in [0.717, 1.165) is 24.9 Å². The third kappa shape index (κ3) is 3.56. The Morgan fingerprint density at radius 1 is 1.42 bits per heavy atom. The van der Waals surface area contributed by atoms with Crippen LogP contribution in [0.1, 0.15) is 12.0 Å². The molecular weight excluding hydrogens is 242 g/mol. The molecule has 102 valence electrons. The van der Waals surface area contributed by atoms with Gasteiger partial charge in [0.25, 0.3) is 0 Å². The standard InChI is InChI=1S/C14H19N3O2/c15-12(14(18)19)9-16-7-3-4-10-8-17-13-6-2-1-5-11(10)13/h1-2,5-6,8,12,16-17H,3-4,7,9,15H2,(H,18,19)/t12-/m0/s1. The highest BCUT2D eigenvalue weighted by Crippen LogP contribution is 2.18. The van der Waals surface area contributed by atoms with Gasteiger partial charge in [0.1, 0.15) is 6.04 Å². The molecule has 2 aromatic rings. The second-order valence-corrected chi connectivity index (χ2v) is 4.61. The van der Waals surface area contributed by atoms with Crippen LogP contribution in [0.4, 0.5) is 0 Å². The van der Waals surface area contributed by atoms with Gasteiger partial charge in [-0.3, -0.25) is 4.79 Å². The molecule has 0 fully saturated rings. The Labute approximate surface area is 111 Å². The Hall–Kier alpha value is -1.85. The van der Waals surface area contributed by atoms with Crippen LogP contribution in [0, 0.1) is 0 Å². The first-order valence-corrected chi connectivity index (χ1v) is 6.42. The lowest BCUT2D eigenvalue weighted by Gasteiger charge is -2.07. The van der Waals surface area contributed by atoms with Crippen LogP contribution < -0.4 is 11.1 Å². The maximum atomic E-state index is 10.5. The number of benzene rings is 1. The largest absolute Gasteiger partial charge is 0.480 e. The summed E-state index contributed by atoms with van der Waals surface area (Å²) in [4.78, 5) is 13.8. The van der Waals surface area contributed by atoms with E-state index in [2.05, 4.69) is 22.4 Å².